The minimum atomic E-state index is -0.215. The van der Waals surface area contributed by atoms with Crippen LogP contribution < -0.4 is 0 Å². The number of hydrogen-bond acceptors (Lipinski definition) is 1. The van der Waals surface area contributed by atoms with Gasteiger partial charge in [0.2, 0.25) is 0 Å². The summed E-state index contributed by atoms with van der Waals surface area (Å²) in [5, 5.41) is 0. The molecule has 68 valence electrons. The summed E-state index contributed by atoms with van der Waals surface area (Å²) in [6.07, 6.45) is 1.70. The number of benzene rings is 1. The number of hydrogen-bond donors (Lipinski definition) is 0. The average Bonchev–Trinajstić information content (AvgIpc) is 2.16. The van der Waals surface area contributed by atoms with Crippen molar-refractivity contribution < 1.29 is 4.39 Å². The quantitative estimate of drug-likeness (QED) is 0.629. The fraction of sp³-hybridized carbons (Fsp3) is 0.182. The number of halogens is 1. The maximum Gasteiger partial charge on any atom is 0.123 e. The highest BCUT2D eigenvalue weighted by Gasteiger charge is 1.91. The van der Waals surface area contributed by atoms with Crippen LogP contribution >= 0.6 is 0 Å². The molecular weight excluding hydrogens is 165 g/mol. The van der Waals surface area contributed by atoms with Gasteiger partial charge in [-0.1, -0.05) is 18.7 Å². The van der Waals surface area contributed by atoms with E-state index in [0.29, 0.717) is 6.54 Å². The highest BCUT2D eigenvalue weighted by Crippen LogP contribution is 2.04. The summed E-state index contributed by atoms with van der Waals surface area (Å²) in [5.41, 5.74) is 1.90. The first-order chi connectivity index (χ1) is 6.22. The number of nitrogens with zero attached hydrogens (tertiary/aromatic N) is 1. The van der Waals surface area contributed by atoms with Gasteiger partial charge in [-0.05, 0) is 30.7 Å². The van der Waals surface area contributed by atoms with Gasteiger partial charge < -0.3 is 0 Å². The van der Waals surface area contributed by atoms with Crippen LogP contribution in [0.25, 0.3) is 0 Å². The Bertz CT molecular complexity index is 311. The van der Waals surface area contributed by atoms with E-state index < -0.39 is 0 Å². The topological polar surface area (TPSA) is 12.4 Å². The van der Waals surface area contributed by atoms with E-state index in [1.54, 1.807) is 18.2 Å². The van der Waals surface area contributed by atoms with Crippen LogP contribution in [-0.2, 0) is 6.54 Å². The van der Waals surface area contributed by atoms with E-state index >= 15 is 0 Å². The molecule has 0 aliphatic heterocycles. The van der Waals surface area contributed by atoms with E-state index in [-0.39, 0.29) is 5.82 Å². The molecule has 0 aliphatic carbocycles. The number of aliphatic imine (C=N–C) groups is 1. The molecule has 0 radical (unpaired) electrons. The molecule has 0 spiro atoms. The third kappa shape index (κ3) is 3.20. The Morgan fingerprint density at radius 2 is 2.08 bits per heavy atom. The summed E-state index contributed by atoms with van der Waals surface area (Å²) < 4.78 is 12.5. The SMILES string of the molecule is C=CC(C)=NCc1ccc(F)cc1. The lowest BCUT2D eigenvalue weighted by Crippen LogP contribution is -1.87. The monoisotopic (exact) mass is 177 g/mol. The largest absolute Gasteiger partial charge is 0.285 e. The van der Waals surface area contributed by atoms with Crippen LogP contribution in [-0.4, -0.2) is 5.71 Å². The van der Waals surface area contributed by atoms with Crippen LogP contribution in [0, 0.1) is 5.82 Å². The molecule has 1 aromatic rings. The fourth-order valence-electron chi connectivity index (χ4n) is 0.870. The molecule has 0 heterocycles. The van der Waals surface area contributed by atoms with Gasteiger partial charge in [0.1, 0.15) is 5.82 Å². The van der Waals surface area contributed by atoms with E-state index in [9.17, 15) is 4.39 Å². The Kier molecular flexibility index (Phi) is 3.38. The van der Waals surface area contributed by atoms with Crippen LogP contribution in [0.4, 0.5) is 4.39 Å². The molecule has 1 nitrogen and oxygen atoms in total. The summed E-state index contributed by atoms with van der Waals surface area (Å²) in [6, 6.07) is 6.34. The highest BCUT2D eigenvalue weighted by atomic mass is 19.1. The number of rotatable bonds is 3. The van der Waals surface area contributed by atoms with Crippen molar-refractivity contribution in [3.8, 4) is 0 Å². The van der Waals surface area contributed by atoms with Gasteiger partial charge in [0.05, 0.1) is 6.54 Å². The summed E-state index contributed by atoms with van der Waals surface area (Å²) in [7, 11) is 0. The first-order valence-corrected chi connectivity index (χ1v) is 4.10. The van der Waals surface area contributed by atoms with E-state index in [1.807, 2.05) is 6.92 Å². The molecule has 0 saturated heterocycles. The van der Waals surface area contributed by atoms with Gasteiger partial charge >= 0.3 is 0 Å². The maximum absolute atomic E-state index is 12.5. The van der Waals surface area contributed by atoms with Crippen molar-refractivity contribution in [3.05, 3.63) is 48.3 Å². The number of allylic oxidation sites excluding steroid dienone is 1. The zero-order valence-corrected chi connectivity index (χ0v) is 7.63. The molecule has 0 aromatic heterocycles. The molecule has 0 unspecified atom stereocenters. The van der Waals surface area contributed by atoms with E-state index in [4.69, 9.17) is 0 Å². The van der Waals surface area contributed by atoms with Crippen LogP contribution in [0.5, 0.6) is 0 Å². The Morgan fingerprint density at radius 3 is 2.62 bits per heavy atom. The van der Waals surface area contributed by atoms with Crippen molar-refractivity contribution in [1.82, 2.24) is 0 Å². The van der Waals surface area contributed by atoms with Crippen molar-refractivity contribution >= 4 is 5.71 Å². The highest BCUT2D eigenvalue weighted by molar-refractivity contribution is 5.92. The predicted molar refractivity (Wildman–Crippen MR) is 53.4 cm³/mol. The second-order valence-electron chi connectivity index (χ2n) is 2.79. The Balaban J connectivity index is 2.65. The lowest BCUT2D eigenvalue weighted by molar-refractivity contribution is 0.627. The van der Waals surface area contributed by atoms with Gasteiger partial charge in [-0.25, -0.2) is 4.39 Å². The Morgan fingerprint density at radius 1 is 1.46 bits per heavy atom. The molecule has 2 heteroatoms. The van der Waals surface area contributed by atoms with Gasteiger partial charge in [0, 0.05) is 5.71 Å². The molecule has 0 atom stereocenters. The summed E-state index contributed by atoms with van der Waals surface area (Å²) >= 11 is 0. The zero-order valence-electron chi connectivity index (χ0n) is 7.63. The van der Waals surface area contributed by atoms with Crippen LogP contribution in [0.1, 0.15) is 12.5 Å². The molecule has 1 rings (SSSR count). The summed E-state index contributed by atoms with van der Waals surface area (Å²) in [4.78, 5) is 4.22. The van der Waals surface area contributed by atoms with Crippen molar-refractivity contribution in [2.24, 2.45) is 4.99 Å². The normalized spacial score (nSPS) is 11.4. The smallest absolute Gasteiger partial charge is 0.123 e. The molecular formula is C11H12FN. The maximum atomic E-state index is 12.5. The molecule has 0 amide bonds. The van der Waals surface area contributed by atoms with Crippen LogP contribution in [0.2, 0.25) is 0 Å². The van der Waals surface area contributed by atoms with Crippen molar-refractivity contribution in [2.75, 3.05) is 0 Å². The average molecular weight is 177 g/mol. The molecule has 0 saturated carbocycles. The first-order valence-electron chi connectivity index (χ1n) is 4.10. The van der Waals surface area contributed by atoms with Crippen molar-refractivity contribution in [2.45, 2.75) is 13.5 Å². The zero-order chi connectivity index (χ0) is 9.68. The third-order valence-electron chi connectivity index (χ3n) is 1.72. The molecule has 0 fully saturated rings. The standard InChI is InChI=1S/C11H12FN/c1-3-9(2)13-8-10-4-6-11(12)7-5-10/h3-7H,1,8H2,2H3. The van der Waals surface area contributed by atoms with Crippen LogP contribution in [0.15, 0.2) is 41.9 Å². The molecule has 0 bridgehead atoms. The van der Waals surface area contributed by atoms with Crippen LogP contribution in [0.3, 0.4) is 0 Å². The van der Waals surface area contributed by atoms with E-state index in [2.05, 4.69) is 11.6 Å². The lowest BCUT2D eigenvalue weighted by Gasteiger charge is -1.96. The van der Waals surface area contributed by atoms with Gasteiger partial charge in [0.25, 0.3) is 0 Å². The summed E-state index contributed by atoms with van der Waals surface area (Å²) in [5.74, 6) is -0.215. The third-order valence-corrected chi connectivity index (χ3v) is 1.72. The minimum absolute atomic E-state index is 0.215. The molecule has 0 aliphatic rings. The van der Waals surface area contributed by atoms with Crippen molar-refractivity contribution in [3.63, 3.8) is 0 Å². The van der Waals surface area contributed by atoms with Gasteiger partial charge in [-0.3, -0.25) is 4.99 Å². The second kappa shape index (κ2) is 4.55. The predicted octanol–water partition coefficient (Wildman–Crippen LogP) is 2.97. The van der Waals surface area contributed by atoms with Gasteiger partial charge in [-0.15, -0.1) is 0 Å². The summed E-state index contributed by atoms with van der Waals surface area (Å²) in [6.45, 7) is 6.06. The molecule has 0 N–H and O–H groups in total. The lowest BCUT2D eigenvalue weighted by atomic mass is 10.2. The van der Waals surface area contributed by atoms with Crippen molar-refractivity contribution in [1.29, 1.82) is 0 Å². The Hall–Kier alpha value is -1.44. The van der Waals surface area contributed by atoms with Gasteiger partial charge in [0.15, 0.2) is 0 Å². The Labute approximate surface area is 77.6 Å². The minimum Gasteiger partial charge on any atom is -0.285 e. The molecule has 13 heavy (non-hydrogen) atoms. The van der Waals surface area contributed by atoms with E-state index in [1.165, 1.54) is 12.1 Å². The first kappa shape index (κ1) is 9.65. The second-order valence-corrected chi connectivity index (χ2v) is 2.79. The molecule has 1 aromatic carbocycles. The fourth-order valence-corrected chi connectivity index (χ4v) is 0.870. The van der Waals surface area contributed by atoms with Gasteiger partial charge in [-0.2, -0.15) is 0 Å². The van der Waals surface area contributed by atoms with E-state index in [0.717, 1.165) is 11.3 Å².